The molecule has 4 aliphatic rings. The first-order valence-corrected chi connectivity index (χ1v) is 14.5. The number of hydrogen-bond acceptors (Lipinski definition) is 6. The maximum absolute atomic E-state index is 14.1. The van der Waals surface area contributed by atoms with E-state index >= 15 is 0 Å². The number of fused-ring (bicyclic) bond motifs is 4. The van der Waals surface area contributed by atoms with E-state index in [1.807, 2.05) is 0 Å². The highest BCUT2D eigenvalue weighted by Crippen LogP contribution is 2.61. The molecule has 2 unspecified atom stereocenters. The lowest BCUT2D eigenvalue weighted by Gasteiger charge is -2.56. The standard InChI is InChI=1S/C32H42N4O6/c1-17-9-18(2)20(36-25(41)31(7)13-28(4,22(34)38)14-32(8,16-31)26(36)42)10-19(17)35-23(39)29(5)11-27(3,21(33)37)12-30(6,15-29)24(35)40/h9-10H,11-16H2,1-8H3,(H2,33,37)(H2,34,38)/t27?,28?,29-,30+,31-,32+. The van der Waals surface area contributed by atoms with Crippen LogP contribution in [0.15, 0.2) is 12.1 Å². The molecule has 2 aliphatic heterocycles. The van der Waals surface area contributed by atoms with Crippen LogP contribution in [0.1, 0.15) is 91.2 Å². The van der Waals surface area contributed by atoms with Crippen LogP contribution in [0, 0.1) is 46.3 Å². The number of carbonyl (C=O) groups is 6. The number of nitrogens with zero attached hydrogens (tertiary/aromatic N) is 2. The molecule has 0 aromatic heterocycles. The van der Waals surface area contributed by atoms with Gasteiger partial charge < -0.3 is 11.5 Å². The summed E-state index contributed by atoms with van der Waals surface area (Å²) < 4.78 is 0. The molecule has 4 fully saturated rings. The normalized spacial score (nSPS) is 39.9. The number of piperidine rings is 2. The van der Waals surface area contributed by atoms with Crippen LogP contribution >= 0.6 is 0 Å². The molecule has 2 heterocycles. The van der Waals surface area contributed by atoms with Crippen molar-refractivity contribution in [3.63, 3.8) is 0 Å². The molecule has 6 amide bonds. The summed E-state index contributed by atoms with van der Waals surface area (Å²) in [6.45, 7) is 14.1. The molecule has 2 saturated heterocycles. The van der Waals surface area contributed by atoms with Gasteiger partial charge in [-0.15, -0.1) is 0 Å². The number of primary amides is 2. The Balaban J connectivity index is 1.63. The summed E-state index contributed by atoms with van der Waals surface area (Å²) in [6.07, 6.45) is 1.45. The second-order valence-electron chi connectivity index (χ2n) is 15.5. The average Bonchev–Trinajstić information content (AvgIpc) is 2.83. The molecule has 10 nitrogen and oxygen atoms in total. The van der Waals surface area contributed by atoms with Crippen molar-refractivity contribution in [2.24, 2.45) is 44.0 Å². The summed E-state index contributed by atoms with van der Waals surface area (Å²) in [6, 6.07) is 3.37. The Labute approximate surface area is 246 Å². The molecule has 0 radical (unpaired) electrons. The van der Waals surface area contributed by atoms with Crippen molar-refractivity contribution >= 4 is 46.8 Å². The predicted molar refractivity (Wildman–Crippen MR) is 156 cm³/mol. The van der Waals surface area contributed by atoms with Gasteiger partial charge in [0.2, 0.25) is 35.4 Å². The van der Waals surface area contributed by atoms with E-state index in [9.17, 15) is 28.8 Å². The van der Waals surface area contributed by atoms with Gasteiger partial charge in [-0.1, -0.05) is 47.6 Å². The minimum absolute atomic E-state index is 0.212. The number of rotatable bonds is 4. The zero-order valence-corrected chi connectivity index (χ0v) is 25.9. The molecule has 5 rings (SSSR count). The Morgan fingerprint density at radius 2 is 0.810 bits per heavy atom. The van der Waals surface area contributed by atoms with Crippen LogP contribution < -0.4 is 21.3 Å². The van der Waals surface area contributed by atoms with E-state index in [0.29, 0.717) is 35.3 Å². The number of hydrogen-bond donors (Lipinski definition) is 2. The smallest absolute Gasteiger partial charge is 0.239 e. The van der Waals surface area contributed by atoms with Gasteiger partial charge in [0.1, 0.15) is 0 Å². The van der Waals surface area contributed by atoms with Gasteiger partial charge in [-0.3, -0.25) is 28.8 Å². The van der Waals surface area contributed by atoms with Crippen LogP contribution in [0.4, 0.5) is 11.4 Å². The molecule has 2 aliphatic carbocycles. The number of aryl methyl sites for hydroxylation is 2. The summed E-state index contributed by atoms with van der Waals surface area (Å²) in [5, 5.41) is 0. The van der Waals surface area contributed by atoms with Crippen LogP contribution in [0.2, 0.25) is 0 Å². The molecule has 226 valence electrons. The highest BCUT2D eigenvalue weighted by atomic mass is 16.2. The third-order valence-electron chi connectivity index (χ3n) is 10.7. The van der Waals surface area contributed by atoms with E-state index in [4.69, 9.17) is 11.5 Å². The largest absolute Gasteiger partial charge is 0.369 e. The molecular formula is C32H42N4O6. The molecule has 2 saturated carbocycles. The van der Waals surface area contributed by atoms with Crippen LogP contribution in [-0.2, 0) is 28.8 Å². The second kappa shape index (κ2) is 8.51. The van der Waals surface area contributed by atoms with Crippen molar-refractivity contribution in [2.75, 3.05) is 9.80 Å². The fraction of sp³-hybridized carbons (Fsp3) is 0.625. The third-order valence-corrected chi connectivity index (χ3v) is 10.7. The van der Waals surface area contributed by atoms with Crippen LogP contribution in [-0.4, -0.2) is 35.4 Å². The minimum Gasteiger partial charge on any atom is -0.369 e. The van der Waals surface area contributed by atoms with Gasteiger partial charge in [0.15, 0.2) is 0 Å². The Hall–Kier alpha value is -3.56. The van der Waals surface area contributed by atoms with E-state index in [-0.39, 0.29) is 25.7 Å². The van der Waals surface area contributed by atoms with Crippen molar-refractivity contribution in [3.05, 3.63) is 23.3 Å². The van der Waals surface area contributed by atoms with Crippen molar-refractivity contribution < 1.29 is 28.8 Å². The van der Waals surface area contributed by atoms with Gasteiger partial charge in [-0.05, 0) is 69.6 Å². The molecule has 0 spiro atoms. The summed E-state index contributed by atoms with van der Waals surface area (Å²) in [4.78, 5) is 83.8. The number of anilines is 2. The molecule has 10 heteroatoms. The van der Waals surface area contributed by atoms with Crippen LogP contribution in [0.3, 0.4) is 0 Å². The highest BCUT2D eigenvalue weighted by Gasteiger charge is 2.65. The number of nitrogens with two attached hydrogens (primary N) is 2. The number of amides is 6. The molecule has 42 heavy (non-hydrogen) atoms. The van der Waals surface area contributed by atoms with Crippen LogP contribution in [0.5, 0.6) is 0 Å². The van der Waals surface area contributed by atoms with E-state index in [0.717, 1.165) is 0 Å². The van der Waals surface area contributed by atoms with E-state index in [1.54, 1.807) is 67.5 Å². The number of carbonyl (C=O) groups excluding carboxylic acids is 6. The Kier molecular flexibility index (Phi) is 6.06. The Morgan fingerprint density at radius 3 is 1.05 bits per heavy atom. The second-order valence-corrected chi connectivity index (χ2v) is 15.5. The zero-order valence-electron chi connectivity index (χ0n) is 25.9. The first kappa shape index (κ1) is 29.9. The Morgan fingerprint density at radius 1 is 0.548 bits per heavy atom. The van der Waals surface area contributed by atoms with Crippen LogP contribution in [0.25, 0.3) is 0 Å². The summed E-state index contributed by atoms with van der Waals surface area (Å²) >= 11 is 0. The minimum atomic E-state index is -1.02. The lowest BCUT2D eigenvalue weighted by molar-refractivity contribution is -0.160. The van der Waals surface area contributed by atoms with Crippen molar-refractivity contribution in [1.82, 2.24) is 0 Å². The fourth-order valence-electron chi connectivity index (χ4n) is 9.51. The van der Waals surface area contributed by atoms with Crippen molar-refractivity contribution in [3.8, 4) is 0 Å². The Bertz CT molecular complexity index is 1350. The first-order chi connectivity index (χ1) is 19.0. The highest BCUT2D eigenvalue weighted by molar-refractivity contribution is 6.24. The lowest BCUT2D eigenvalue weighted by atomic mass is 9.51. The molecule has 1 aromatic rings. The molecular weight excluding hydrogens is 536 g/mol. The van der Waals surface area contributed by atoms with Gasteiger partial charge in [0.05, 0.1) is 11.4 Å². The van der Waals surface area contributed by atoms with Crippen molar-refractivity contribution in [2.45, 2.75) is 93.9 Å². The topological polar surface area (TPSA) is 161 Å². The molecule has 1 aromatic carbocycles. The lowest BCUT2D eigenvalue weighted by Crippen LogP contribution is -2.65. The third kappa shape index (κ3) is 3.89. The van der Waals surface area contributed by atoms with Gasteiger partial charge in [0, 0.05) is 32.5 Å². The molecule has 4 N–H and O–H groups in total. The fourth-order valence-corrected chi connectivity index (χ4v) is 9.51. The van der Waals surface area contributed by atoms with E-state index < -0.39 is 67.9 Å². The van der Waals surface area contributed by atoms with E-state index in [1.165, 1.54) is 9.80 Å². The number of imide groups is 2. The summed E-state index contributed by atoms with van der Waals surface area (Å²) in [5.74, 6) is -2.80. The molecule has 4 bridgehead atoms. The average molecular weight is 579 g/mol. The maximum atomic E-state index is 14.1. The van der Waals surface area contributed by atoms with Gasteiger partial charge in [-0.25, -0.2) is 9.80 Å². The first-order valence-electron chi connectivity index (χ1n) is 14.5. The van der Waals surface area contributed by atoms with Gasteiger partial charge in [-0.2, -0.15) is 0 Å². The zero-order chi connectivity index (χ0) is 31.6. The van der Waals surface area contributed by atoms with Gasteiger partial charge in [0.25, 0.3) is 0 Å². The molecule has 6 atom stereocenters. The maximum Gasteiger partial charge on any atom is 0.239 e. The number of benzene rings is 1. The van der Waals surface area contributed by atoms with Gasteiger partial charge >= 0.3 is 0 Å². The quantitative estimate of drug-likeness (QED) is 0.521. The predicted octanol–water partition coefficient (Wildman–Crippen LogP) is 3.43. The van der Waals surface area contributed by atoms with Crippen molar-refractivity contribution in [1.29, 1.82) is 0 Å². The summed E-state index contributed by atoms with van der Waals surface area (Å²) in [5.41, 5.74) is 7.29. The summed E-state index contributed by atoms with van der Waals surface area (Å²) in [7, 11) is 0. The van der Waals surface area contributed by atoms with E-state index in [2.05, 4.69) is 0 Å². The monoisotopic (exact) mass is 578 g/mol. The SMILES string of the molecule is Cc1cc(C)c(N2C(=O)[C@@]3(C)CC(C)(C(N)=O)C[C@](C)(C3)C2=O)cc1N1C(=O)[C@@]2(C)CC(C)(C(N)=O)C[C@](C)(C2)C1=O.